The first-order valence-corrected chi connectivity index (χ1v) is 21.2. The normalized spacial score (nSPS) is 19.7. The van der Waals surface area contributed by atoms with Crippen molar-refractivity contribution in [2.24, 2.45) is 11.8 Å². The fraction of sp³-hybridized carbons (Fsp3) is 0.354. The molecule has 2 bridgehead atoms. The van der Waals surface area contributed by atoms with Crippen LogP contribution >= 0.6 is 23.2 Å². The van der Waals surface area contributed by atoms with Gasteiger partial charge in [-0.25, -0.2) is 4.79 Å². The monoisotopic (exact) mass is 867 g/mol. The average Bonchev–Trinajstić information content (AvgIpc) is 3.26. The van der Waals surface area contributed by atoms with E-state index >= 15 is 0 Å². The summed E-state index contributed by atoms with van der Waals surface area (Å²) >= 11 is 12.6. The van der Waals surface area contributed by atoms with Crippen molar-refractivity contribution >= 4 is 41.2 Å². The molecule has 13 heteroatoms. The Kier molecular flexibility index (Phi) is 14.2. The number of nitrogens with zero attached hydrogens (tertiary/aromatic N) is 2. The standard InChI is InChI=1S/C48H51Cl2N3O8/c1-30(49)40(31(2)50)25-42(35-16-17-41(57-3)43(24-35)58-4)60-47(55)38-26-53(27-38)46(54)37-14-8-10-32(22-37)29-59-39-15-9-13-36(23-39)45(34-11-6-5-7-12-34)51-48(56)61-44-28-52-20-18-33(44)19-21-52/h5-17,22-24,33,38,42,44-45H,1,18-21,25-29H2,2-4H3,(H,51,56)/b40-31+/t42-,44-,45-/m0/s1. The number of methoxy groups -OCH3 is 2. The summed E-state index contributed by atoms with van der Waals surface area (Å²) in [5.41, 5.74) is 4.25. The van der Waals surface area contributed by atoms with Crippen LogP contribution in [0.15, 0.2) is 119 Å². The van der Waals surface area contributed by atoms with Crippen LogP contribution in [0.4, 0.5) is 4.79 Å². The molecule has 2 amide bonds. The van der Waals surface area contributed by atoms with Crippen LogP contribution in [0.1, 0.15) is 70.9 Å². The summed E-state index contributed by atoms with van der Waals surface area (Å²) in [6, 6.07) is 29.5. The maximum absolute atomic E-state index is 13.6. The number of hydrogen-bond acceptors (Lipinski definition) is 9. The smallest absolute Gasteiger partial charge is 0.408 e. The number of alkyl carbamates (subject to hydrolysis) is 1. The van der Waals surface area contributed by atoms with Gasteiger partial charge in [-0.05, 0) is 103 Å². The number of carbonyl (C=O) groups excluding carboxylic acids is 3. The number of ether oxygens (including phenoxy) is 5. The number of rotatable bonds is 16. The number of allylic oxidation sites excluding steroid dienone is 2. The number of fused-ring (bicyclic) bond motifs is 3. The van der Waals surface area contributed by atoms with Gasteiger partial charge in [0.15, 0.2) is 11.5 Å². The van der Waals surface area contributed by atoms with Gasteiger partial charge in [-0.1, -0.05) is 90.4 Å². The van der Waals surface area contributed by atoms with E-state index in [1.807, 2.05) is 66.7 Å². The summed E-state index contributed by atoms with van der Waals surface area (Å²) < 4.78 is 29.2. The molecular formula is C48H51Cl2N3O8. The molecule has 61 heavy (non-hydrogen) atoms. The van der Waals surface area contributed by atoms with Crippen molar-refractivity contribution in [1.82, 2.24) is 15.1 Å². The number of amides is 2. The summed E-state index contributed by atoms with van der Waals surface area (Å²) in [5.74, 6) is 0.842. The molecule has 1 N–H and O–H groups in total. The molecule has 320 valence electrons. The van der Waals surface area contributed by atoms with Crippen molar-refractivity contribution in [3.63, 3.8) is 0 Å². The lowest BCUT2D eigenvalue weighted by Crippen LogP contribution is -2.53. The molecule has 0 unspecified atom stereocenters. The first-order chi connectivity index (χ1) is 29.5. The van der Waals surface area contributed by atoms with Gasteiger partial charge in [-0.15, -0.1) is 0 Å². The van der Waals surface area contributed by atoms with Crippen LogP contribution in [-0.2, 0) is 20.9 Å². The van der Waals surface area contributed by atoms with E-state index in [0.717, 1.165) is 49.2 Å². The van der Waals surface area contributed by atoms with E-state index in [4.69, 9.17) is 46.9 Å². The van der Waals surface area contributed by atoms with Gasteiger partial charge in [0.05, 0.1) is 26.2 Å². The second kappa shape index (κ2) is 19.9. The summed E-state index contributed by atoms with van der Waals surface area (Å²) in [5, 5.41) is 3.80. The minimum atomic E-state index is -0.759. The highest BCUT2D eigenvalue weighted by atomic mass is 35.5. The maximum Gasteiger partial charge on any atom is 0.408 e. The summed E-state index contributed by atoms with van der Waals surface area (Å²) in [6.07, 6.45) is 0.990. The average molecular weight is 869 g/mol. The van der Waals surface area contributed by atoms with E-state index in [9.17, 15) is 14.4 Å². The highest BCUT2D eigenvalue weighted by molar-refractivity contribution is 6.35. The molecule has 4 heterocycles. The zero-order valence-electron chi connectivity index (χ0n) is 34.6. The van der Waals surface area contributed by atoms with E-state index in [1.165, 1.54) is 7.11 Å². The van der Waals surface area contributed by atoms with Crippen molar-refractivity contribution < 1.29 is 38.1 Å². The topological polar surface area (TPSA) is 116 Å². The molecule has 0 aromatic heterocycles. The number of esters is 1. The van der Waals surface area contributed by atoms with Gasteiger partial charge in [0.2, 0.25) is 0 Å². The highest BCUT2D eigenvalue weighted by Gasteiger charge is 2.39. The number of likely N-dealkylation sites (tertiary alicyclic amines) is 1. The third-order valence-corrected chi connectivity index (χ3v) is 12.1. The Labute approximate surface area is 367 Å². The molecule has 11 nitrogen and oxygen atoms in total. The Bertz CT molecular complexity index is 2250. The Morgan fingerprint density at radius 3 is 2.21 bits per heavy atom. The number of nitrogens with one attached hydrogen (secondary N) is 1. The van der Waals surface area contributed by atoms with Crippen LogP contribution in [0.25, 0.3) is 0 Å². The fourth-order valence-corrected chi connectivity index (χ4v) is 8.66. The Hall–Kier alpha value is -5.49. The number of hydrogen-bond donors (Lipinski definition) is 1. The second-order valence-corrected chi connectivity index (χ2v) is 16.7. The van der Waals surface area contributed by atoms with Gasteiger partial charge in [0.25, 0.3) is 5.91 Å². The molecule has 0 saturated carbocycles. The molecule has 4 fully saturated rings. The first-order valence-electron chi connectivity index (χ1n) is 20.5. The number of halogens is 2. The molecule has 4 aromatic carbocycles. The minimum absolute atomic E-state index is 0.107. The van der Waals surface area contributed by atoms with E-state index < -0.39 is 30.1 Å². The molecule has 0 spiro atoms. The molecule has 0 aliphatic carbocycles. The van der Waals surface area contributed by atoms with Crippen LogP contribution in [0, 0.1) is 11.8 Å². The summed E-state index contributed by atoms with van der Waals surface area (Å²) in [4.78, 5) is 44.4. The maximum atomic E-state index is 13.6. The van der Waals surface area contributed by atoms with Crippen LogP contribution in [0.2, 0.25) is 0 Å². The SMILES string of the molecule is C=C(Cl)/C(C[C@H](OC(=O)C1CN(C(=O)c2cccc(COc3cccc([C@@H](NC(=O)O[C@H]4CN5CCC4CC5)c4ccccc4)c3)c2)C1)c1ccc(OC)c(OC)c1)=C(\C)Cl. The number of piperidine rings is 3. The van der Waals surface area contributed by atoms with Crippen LogP contribution < -0.4 is 19.5 Å². The predicted molar refractivity (Wildman–Crippen MR) is 234 cm³/mol. The van der Waals surface area contributed by atoms with Gasteiger partial charge < -0.3 is 33.9 Å². The number of benzene rings is 4. The third-order valence-electron chi connectivity index (χ3n) is 11.7. The van der Waals surface area contributed by atoms with Crippen LogP contribution in [-0.4, -0.2) is 80.8 Å². The van der Waals surface area contributed by atoms with Gasteiger partial charge in [-0.2, -0.15) is 0 Å². The largest absolute Gasteiger partial charge is 0.493 e. The van der Waals surface area contributed by atoms with Crippen molar-refractivity contribution in [2.45, 2.75) is 51.0 Å². The molecule has 4 saturated heterocycles. The lowest BCUT2D eigenvalue weighted by Gasteiger charge is -2.43. The first kappa shape index (κ1) is 43.6. The summed E-state index contributed by atoms with van der Waals surface area (Å²) in [6.45, 7) is 9.05. The zero-order valence-corrected chi connectivity index (χ0v) is 36.1. The zero-order chi connectivity index (χ0) is 43.0. The van der Waals surface area contributed by atoms with E-state index in [1.54, 1.807) is 49.3 Å². The lowest BCUT2D eigenvalue weighted by atomic mass is 9.86. The Morgan fingerprint density at radius 2 is 1.54 bits per heavy atom. The minimum Gasteiger partial charge on any atom is -0.493 e. The molecular weight excluding hydrogens is 817 g/mol. The van der Waals surface area contributed by atoms with Crippen molar-refractivity contribution in [1.29, 1.82) is 0 Å². The van der Waals surface area contributed by atoms with Crippen LogP contribution in [0.3, 0.4) is 0 Å². The third kappa shape index (κ3) is 10.7. The molecule has 0 radical (unpaired) electrons. The fourth-order valence-electron chi connectivity index (χ4n) is 8.20. The van der Waals surface area contributed by atoms with Gasteiger partial charge in [0, 0.05) is 41.7 Å². The quantitative estimate of drug-likeness (QED) is 0.0870. The molecule has 4 aliphatic rings. The molecule has 4 aromatic rings. The molecule has 4 aliphatic heterocycles. The van der Waals surface area contributed by atoms with Gasteiger partial charge >= 0.3 is 12.1 Å². The Morgan fingerprint density at radius 1 is 0.820 bits per heavy atom. The molecule has 8 rings (SSSR count). The van der Waals surface area contributed by atoms with E-state index in [2.05, 4.69) is 16.8 Å². The van der Waals surface area contributed by atoms with Gasteiger partial charge in [-0.3, -0.25) is 14.5 Å². The van der Waals surface area contributed by atoms with Crippen molar-refractivity contribution in [2.75, 3.05) is 46.9 Å². The van der Waals surface area contributed by atoms with E-state index in [-0.39, 0.29) is 43.2 Å². The number of carbonyl (C=O) groups is 3. The molecule has 3 atom stereocenters. The van der Waals surface area contributed by atoms with Crippen molar-refractivity contribution in [3.05, 3.63) is 147 Å². The lowest BCUT2D eigenvalue weighted by molar-refractivity contribution is -0.159. The highest BCUT2D eigenvalue weighted by Crippen LogP contribution is 2.38. The van der Waals surface area contributed by atoms with E-state index in [0.29, 0.717) is 44.9 Å². The summed E-state index contributed by atoms with van der Waals surface area (Å²) in [7, 11) is 3.07. The second-order valence-electron chi connectivity index (χ2n) is 15.7. The van der Waals surface area contributed by atoms with Crippen LogP contribution in [0.5, 0.6) is 17.2 Å². The Balaban J connectivity index is 0.964. The van der Waals surface area contributed by atoms with Gasteiger partial charge in [0.1, 0.15) is 24.6 Å². The predicted octanol–water partition coefficient (Wildman–Crippen LogP) is 9.20. The van der Waals surface area contributed by atoms with Crippen molar-refractivity contribution in [3.8, 4) is 17.2 Å².